The Morgan fingerprint density at radius 3 is 2.29 bits per heavy atom. The summed E-state index contributed by atoms with van der Waals surface area (Å²) >= 11 is 0. The summed E-state index contributed by atoms with van der Waals surface area (Å²) in [5, 5.41) is 0. The number of allylic oxidation sites excluding steroid dienone is 1. The molecular formula is C24H24F3NO3. The third kappa shape index (κ3) is 5.16. The topological polar surface area (TPSA) is 46.6 Å². The van der Waals surface area contributed by atoms with Crippen LogP contribution in [0.5, 0.6) is 0 Å². The molecule has 0 spiro atoms. The van der Waals surface area contributed by atoms with Crippen LogP contribution in [-0.4, -0.2) is 22.4 Å². The van der Waals surface area contributed by atoms with Crippen molar-refractivity contribution in [3.63, 3.8) is 0 Å². The van der Waals surface area contributed by atoms with E-state index in [4.69, 9.17) is 4.74 Å². The molecule has 2 aromatic rings. The fraction of sp³-hybridized carbons (Fsp3) is 0.333. The van der Waals surface area contributed by atoms with Crippen LogP contribution < -0.4 is 0 Å². The zero-order valence-electron chi connectivity index (χ0n) is 17.8. The normalized spacial score (nSPS) is 17.2. The van der Waals surface area contributed by atoms with Gasteiger partial charge in [0.25, 0.3) is 0 Å². The average molecular weight is 431 g/mol. The zero-order valence-corrected chi connectivity index (χ0v) is 17.8. The van der Waals surface area contributed by atoms with Gasteiger partial charge in [0.1, 0.15) is 23.1 Å². The van der Waals surface area contributed by atoms with Crippen molar-refractivity contribution < 1.29 is 27.5 Å². The molecule has 1 amide bonds. The van der Waals surface area contributed by atoms with Crippen molar-refractivity contribution >= 4 is 11.9 Å². The lowest BCUT2D eigenvalue weighted by atomic mass is 9.83. The second kappa shape index (κ2) is 8.57. The number of benzene rings is 2. The molecule has 1 atom stereocenters. The van der Waals surface area contributed by atoms with E-state index < -0.39 is 34.9 Å². The highest BCUT2D eigenvalue weighted by atomic mass is 19.1. The predicted molar refractivity (Wildman–Crippen MR) is 109 cm³/mol. The molecule has 1 heterocycles. The van der Waals surface area contributed by atoms with E-state index in [1.165, 1.54) is 23.1 Å². The maximum atomic E-state index is 14.6. The molecule has 1 aliphatic rings. The summed E-state index contributed by atoms with van der Waals surface area (Å²) in [6, 6.07) is 8.95. The van der Waals surface area contributed by atoms with Crippen molar-refractivity contribution in [2.75, 3.05) is 0 Å². The van der Waals surface area contributed by atoms with Crippen molar-refractivity contribution in [3.05, 3.63) is 82.3 Å². The maximum absolute atomic E-state index is 14.6. The van der Waals surface area contributed by atoms with Gasteiger partial charge >= 0.3 is 5.97 Å². The van der Waals surface area contributed by atoms with E-state index in [1.54, 1.807) is 33.8 Å². The molecule has 7 heteroatoms. The van der Waals surface area contributed by atoms with Crippen LogP contribution in [-0.2, 0) is 20.9 Å². The lowest BCUT2D eigenvalue weighted by molar-refractivity contribution is -0.150. The van der Waals surface area contributed by atoms with Gasteiger partial charge in [-0.1, -0.05) is 18.2 Å². The zero-order chi connectivity index (χ0) is 22.9. The van der Waals surface area contributed by atoms with Gasteiger partial charge in [-0.3, -0.25) is 4.79 Å². The van der Waals surface area contributed by atoms with Crippen LogP contribution in [0.15, 0.2) is 53.7 Å². The van der Waals surface area contributed by atoms with E-state index in [1.807, 2.05) is 0 Å². The number of carbonyl (C=O) groups is 2. The van der Waals surface area contributed by atoms with E-state index in [9.17, 15) is 22.8 Å². The molecule has 0 N–H and O–H groups in total. The van der Waals surface area contributed by atoms with E-state index in [0.717, 1.165) is 18.2 Å². The second-order valence-corrected chi connectivity index (χ2v) is 8.54. The molecular weight excluding hydrogens is 407 g/mol. The van der Waals surface area contributed by atoms with Crippen molar-refractivity contribution in [2.45, 2.75) is 52.2 Å². The van der Waals surface area contributed by atoms with Crippen LogP contribution in [0.1, 0.15) is 51.2 Å². The Kier molecular flexibility index (Phi) is 6.25. The third-order valence-electron chi connectivity index (χ3n) is 4.99. The van der Waals surface area contributed by atoms with Gasteiger partial charge in [0, 0.05) is 24.1 Å². The molecule has 0 radical (unpaired) electrons. The summed E-state index contributed by atoms with van der Waals surface area (Å²) in [6.45, 7) is 6.55. The van der Waals surface area contributed by atoms with Crippen LogP contribution in [0.4, 0.5) is 13.2 Å². The quantitative estimate of drug-likeness (QED) is 0.623. The SMILES string of the molecule is CC1=C(C(=O)OC(C)(C)C)C(c2ccccc2F)CC(=O)N1Cc1cc(F)cc(F)c1. The predicted octanol–water partition coefficient (Wildman–Crippen LogP) is 5.24. The first kappa shape index (κ1) is 22.6. The Balaban J connectivity index is 2.08. The molecule has 164 valence electrons. The van der Waals surface area contributed by atoms with Gasteiger partial charge in [0.15, 0.2) is 0 Å². The minimum atomic E-state index is -0.830. The summed E-state index contributed by atoms with van der Waals surface area (Å²) in [5.41, 5.74) is 0.0628. The summed E-state index contributed by atoms with van der Waals surface area (Å²) in [4.78, 5) is 27.3. The van der Waals surface area contributed by atoms with Crippen molar-refractivity contribution in [3.8, 4) is 0 Å². The van der Waals surface area contributed by atoms with Gasteiger partial charge in [-0.25, -0.2) is 18.0 Å². The Morgan fingerprint density at radius 1 is 1.10 bits per heavy atom. The van der Waals surface area contributed by atoms with Gasteiger partial charge in [0.05, 0.1) is 12.1 Å². The van der Waals surface area contributed by atoms with Crippen molar-refractivity contribution in [1.82, 2.24) is 4.90 Å². The molecule has 1 unspecified atom stereocenters. The number of carbonyl (C=O) groups excluding carboxylic acids is 2. The minimum absolute atomic E-state index is 0.129. The lowest BCUT2D eigenvalue weighted by Gasteiger charge is -2.35. The van der Waals surface area contributed by atoms with E-state index in [2.05, 4.69) is 0 Å². The number of hydrogen-bond acceptors (Lipinski definition) is 3. The molecule has 0 fully saturated rings. The monoisotopic (exact) mass is 431 g/mol. The first-order chi connectivity index (χ1) is 14.5. The molecule has 0 aromatic heterocycles. The molecule has 0 saturated heterocycles. The summed E-state index contributed by atoms with van der Waals surface area (Å²) in [5.74, 6) is -3.95. The number of nitrogens with zero attached hydrogens (tertiary/aromatic N) is 1. The van der Waals surface area contributed by atoms with Gasteiger partial charge in [0.2, 0.25) is 5.91 Å². The highest BCUT2D eigenvalue weighted by molar-refractivity contribution is 5.96. The highest BCUT2D eigenvalue weighted by Crippen LogP contribution is 2.39. The number of esters is 1. The first-order valence-corrected chi connectivity index (χ1v) is 9.90. The second-order valence-electron chi connectivity index (χ2n) is 8.54. The molecule has 4 nitrogen and oxygen atoms in total. The Labute approximate surface area is 179 Å². The average Bonchev–Trinajstić information content (AvgIpc) is 2.62. The van der Waals surface area contributed by atoms with Crippen LogP contribution in [0.3, 0.4) is 0 Å². The van der Waals surface area contributed by atoms with Crippen LogP contribution in [0.2, 0.25) is 0 Å². The summed E-state index contributed by atoms with van der Waals surface area (Å²) < 4.78 is 47.3. The van der Waals surface area contributed by atoms with Crippen LogP contribution >= 0.6 is 0 Å². The Bertz CT molecular complexity index is 1040. The largest absolute Gasteiger partial charge is 0.457 e. The third-order valence-corrected chi connectivity index (χ3v) is 4.99. The molecule has 0 bridgehead atoms. The van der Waals surface area contributed by atoms with Crippen molar-refractivity contribution in [1.29, 1.82) is 0 Å². The van der Waals surface area contributed by atoms with E-state index >= 15 is 0 Å². The van der Waals surface area contributed by atoms with E-state index in [0.29, 0.717) is 0 Å². The molecule has 3 rings (SSSR count). The number of amides is 1. The Morgan fingerprint density at radius 2 is 1.71 bits per heavy atom. The molecule has 2 aromatic carbocycles. The van der Waals surface area contributed by atoms with Gasteiger partial charge in [-0.05, 0) is 57.0 Å². The molecule has 31 heavy (non-hydrogen) atoms. The number of rotatable bonds is 4. The minimum Gasteiger partial charge on any atom is -0.457 e. The molecule has 0 aliphatic carbocycles. The first-order valence-electron chi connectivity index (χ1n) is 9.90. The molecule has 1 aliphatic heterocycles. The Hall–Kier alpha value is -3.09. The van der Waals surface area contributed by atoms with Crippen LogP contribution in [0, 0.1) is 17.5 Å². The number of hydrogen-bond donors (Lipinski definition) is 0. The summed E-state index contributed by atoms with van der Waals surface area (Å²) in [7, 11) is 0. The fourth-order valence-corrected chi connectivity index (χ4v) is 3.71. The van der Waals surface area contributed by atoms with E-state index in [-0.39, 0.29) is 41.3 Å². The number of halogens is 3. The summed E-state index contributed by atoms with van der Waals surface area (Å²) in [6.07, 6.45) is -0.176. The smallest absolute Gasteiger partial charge is 0.336 e. The van der Waals surface area contributed by atoms with Crippen LogP contribution in [0.25, 0.3) is 0 Å². The standard InChI is InChI=1S/C24H24F3NO3/c1-14-22(23(30)31-24(2,3)4)19(18-7-5-6-8-20(18)27)12-21(29)28(14)13-15-9-16(25)11-17(26)10-15/h5-11,19H,12-13H2,1-4H3. The highest BCUT2D eigenvalue weighted by Gasteiger charge is 2.39. The van der Waals surface area contributed by atoms with Crippen molar-refractivity contribution in [2.24, 2.45) is 0 Å². The maximum Gasteiger partial charge on any atom is 0.336 e. The van der Waals surface area contributed by atoms with Gasteiger partial charge < -0.3 is 9.64 Å². The van der Waals surface area contributed by atoms with Gasteiger partial charge in [-0.2, -0.15) is 0 Å². The number of ether oxygens (including phenoxy) is 1. The fourth-order valence-electron chi connectivity index (χ4n) is 3.71. The van der Waals surface area contributed by atoms with Gasteiger partial charge in [-0.15, -0.1) is 0 Å². The molecule has 0 saturated carbocycles. The lowest BCUT2D eigenvalue weighted by Crippen LogP contribution is -2.39.